The highest BCUT2D eigenvalue weighted by Crippen LogP contribution is 2.21. The van der Waals surface area contributed by atoms with Crippen LogP contribution in [0.3, 0.4) is 0 Å². The van der Waals surface area contributed by atoms with E-state index in [1.165, 1.54) is 0 Å². The molecule has 1 unspecified atom stereocenters. The van der Waals surface area contributed by atoms with E-state index in [1.54, 1.807) is 6.20 Å². The van der Waals surface area contributed by atoms with Gasteiger partial charge in [-0.1, -0.05) is 18.3 Å². The van der Waals surface area contributed by atoms with Gasteiger partial charge in [-0.05, 0) is 18.7 Å². The number of rotatable bonds is 3. The van der Waals surface area contributed by atoms with Crippen molar-refractivity contribution in [2.24, 2.45) is 5.73 Å². The molecule has 1 aliphatic heterocycles. The van der Waals surface area contributed by atoms with Gasteiger partial charge in [-0.15, -0.1) is 0 Å². The highest BCUT2D eigenvalue weighted by molar-refractivity contribution is 7.80. The van der Waals surface area contributed by atoms with Crippen LogP contribution >= 0.6 is 12.2 Å². The van der Waals surface area contributed by atoms with Crippen LogP contribution in [-0.4, -0.2) is 53.0 Å². The average Bonchev–Trinajstić information content (AvgIpc) is 2.33. The van der Waals surface area contributed by atoms with E-state index in [2.05, 4.69) is 21.8 Å². The van der Waals surface area contributed by atoms with Gasteiger partial charge in [0.2, 0.25) is 0 Å². The number of pyridine rings is 1. The highest BCUT2D eigenvalue weighted by atomic mass is 32.1. The van der Waals surface area contributed by atoms with Crippen LogP contribution in [0, 0.1) is 0 Å². The highest BCUT2D eigenvalue weighted by Gasteiger charge is 2.25. The summed E-state index contributed by atoms with van der Waals surface area (Å²) in [4.78, 5) is 9.32. The SMILES string of the molecule is CN1CCN(C(C(N)=S)c2cccnc2)CC1. The second-order valence-electron chi connectivity index (χ2n) is 4.43. The molecule has 1 fully saturated rings. The van der Waals surface area contributed by atoms with Crippen molar-refractivity contribution in [3.8, 4) is 0 Å². The summed E-state index contributed by atoms with van der Waals surface area (Å²) >= 11 is 5.20. The number of thiocarbonyl (C=S) groups is 1. The minimum absolute atomic E-state index is 0.0207. The first kappa shape index (κ1) is 12.4. The third kappa shape index (κ3) is 3.00. The van der Waals surface area contributed by atoms with Crippen LogP contribution in [0.2, 0.25) is 0 Å². The Labute approximate surface area is 107 Å². The summed E-state index contributed by atoms with van der Waals surface area (Å²) in [5.41, 5.74) is 6.97. The lowest BCUT2D eigenvalue weighted by Gasteiger charge is -2.37. The van der Waals surface area contributed by atoms with Crippen molar-refractivity contribution in [3.63, 3.8) is 0 Å². The zero-order valence-corrected chi connectivity index (χ0v) is 10.9. The van der Waals surface area contributed by atoms with Crippen LogP contribution in [0.5, 0.6) is 0 Å². The Balaban J connectivity index is 2.16. The number of nitrogens with two attached hydrogens (primary N) is 1. The maximum atomic E-state index is 5.88. The molecule has 0 radical (unpaired) electrons. The van der Waals surface area contributed by atoms with E-state index in [0.717, 1.165) is 31.7 Å². The number of hydrogen-bond acceptors (Lipinski definition) is 4. The third-order valence-electron chi connectivity index (χ3n) is 3.17. The molecule has 0 bridgehead atoms. The second kappa shape index (κ2) is 5.53. The first-order valence-corrected chi connectivity index (χ1v) is 6.21. The van der Waals surface area contributed by atoms with E-state index in [-0.39, 0.29) is 6.04 Å². The van der Waals surface area contributed by atoms with Crippen LogP contribution in [0.15, 0.2) is 24.5 Å². The van der Waals surface area contributed by atoms with Crippen LogP contribution in [0.1, 0.15) is 11.6 Å². The van der Waals surface area contributed by atoms with Crippen molar-refractivity contribution >= 4 is 17.2 Å². The van der Waals surface area contributed by atoms with Gasteiger partial charge in [-0.2, -0.15) is 0 Å². The smallest absolute Gasteiger partial charge is 0.0948 e. The molecule has 0 amide bonds. The molecule has 2 N–H and O–H groups in total. The molecule has 1 aromatic rings. The van der Waals surface area contributed by atoms with Crippen LogP contribution in [-0.2, 0) is 0 Å². The minimum Gasteiger partial charge on any atom is -0.392 e. The van der Waals surface area contributed by atoms with Crippen LogP contribution in [0.4, 0.5) is 0 Å². The summed E-state index contributed by atoms with van der Waals surface area (Å²) in [5.74, 6) is 0. The molecular formula is C12H18N4S. The summed E-state index contributed by atoms with van der Waals surface area (Å²) in [6, 6.07) is 3.98. The summed E-state index contributed by atoms with van der Waals surface area (Å²) in [6.07, 6.45) is 3.62. The molecule has 1 saturated heterocycles. The molecule has 1 aromatic heterocycles. The van der Waals surface area contributed by atoms with E-state index < -0.39 is 0 Å². The molecule has 0 saturated carbocycles. The molecule has 2 rings (SSSR count). The van der Waals surface area contributed by atoms with Gasteiger partial charge in [0.05, 0.1) is 11.0 Å². The molecule has 0 aromatic carbocycles. The average molecular weight is 250 g/mol. The maximum absolute atomic E-state index is 5.88. The number of piperazine rings is 1. The lowest BCUT2D eigenvalue weighted by molar-refractivity contribution is 0.137. The molecule has 4 nitrogen and oxygen atoms in total. The lowest BCUT2D eigenvalue weighted by atomic mass is 10.1. The van der Waals surface area contributed by atoms with Gasteiger partial charge in [0.1, 0.15) is 0 Å². The topological polar surface area (TPSA) is 45.4 Å². The van der Waals surface area contributed by atoms with E-state index in [0.29, 0.717) is 4.99 Å². The fourth-order valence-electron chi connectivity index (χ4n) is 2.17. The Morgan fingerprint density at radius 3 is 2.65 bits per heavy atom. The van der Waals surface area contributed by atoms with Crippen molar-refractivity contribution in [1.82, 2.24) is 14.8 Å². The van der Waals surface area contributed by atoms with Gasteiger partial charge in [0.25, 0.3) is 0 Å². The monoisotopic (exact) mass is 250 g/mol. The standard InChI is InChI=1S/C12H18N4S/c1-15-5-7-16(8-6-15)11(12(13)17)10-3-2-4-14-9-10/h2-4,9,11H,5-8H2,1H3,(H2,13,17). The van der Waals surface area contributed by atoms with Gasteiger partial charge in [-0.3, -0.25) is 9.88 Å². The predicted octanol–water partition coefficient (Wildman–Crippen LogP) is 0.656. The first-order valence-electron chi connectivity index (χ1n) is 5.80. The van der Waals surface area contributed by atoms with Crippen molar-refractivity contribution in [2.75, 3.05) is 33.2 Å². The van der Waals surface area contributed by atoms with Crippen molar-refractivity contribution in [1.29, 1.82) is 0 Å². The Hall–Kier alpha value is -1.04. The summed E-state index contributed by atoms with van der Waals surface area (Å²) in [5, 5.41) is 0. The Morgan fingerprint density at radius 2 is 2.12 bits per heavy atom. The van der Waals surface area contributed by atoms with Gasteiger partial charge < -0.3 is 10.6 Å². The molecule has 0 spiro atoms. The van der Waals surface area contributed by atoms with E-state index in [9.17, 15) is 0 Å². The number of nitrogens with zero attached hydrogens (tertiary/aromatic N) is 3. The van der Waals surface area contributed by atoms with Gasteiger partial charge >= 0.3 is 0 Å². The molecular weight excluding hydrogens is 232 g/mol. The quantitative estimate of drug-likeness (QED) is 0.798. The summed E-state index contributed by atoms with van der Waals surface area (Å²) in [7, 11) is 2.14. The molecule has 92 valence electrons. The number of aromatic nitrogens is 1. The molecule has 1 aliphatic rings. The van der Waals surface area contributed by atoms with Gasteiger partial charge in [0, 0.05) is 38.6 Å². The fourth-order valence-corrected chi connectivity index (χ4v) is 2.46. The maximum Gasteiger partial charge on any atom is 0.0948 e. The third-order valence-corrected chi connectivity index (χ3v) is 3.40. The van der Waals surface area contributed by atoms with Crippen molar-refractivity contribution < 1.29 is 0 Å². The van der Waals surface area contributed by atoms with Gasteiger partial charge in [-0.25, -0.2) is 0 Å². The van der Waals surface area contributed by atoms with E-state index >= 15 is 0 Å². The molecule has 2 heterocycles. The molecule has 17 heavy (non-hydrogen) atoms. The largest absolute Gasteiger partial charge is 0.392 e. The minimum atomic E-state index is 0.0207. The predicted molar refractivity (Wildman–Crippen MR) is 72.8 cm³/mol. The lowest BCUT2D eigenvalue weighted by Crippen LogP contribution is -2.48. The molecule has 5 heteroatoms. The zero-order chi connectivity index (χ0) is 12.3. The van der Waals surface area contributed by atoms with Crippen molar-refractivity contribution in [2.45, 2.75) is 6.04 Å². The normalized spacial score (nSPS) is 20.1. The van der Waals surface area contributed by atoms with Crippen molar-refractivity contribution in [3.05, 3.63) is 30.1 Å². The summed E-state index contributed by atoms with van der Waals surface area (Å²) in [6.45, 7) is 4.10. The number of likely N-dealkylation sites (N-methyl/N-ethyl adjacent to an activating group) is 1. The molecule has 0 aliphatic carbocycles. The number of hydrogen-bond donors (Lipinski definition) is 1. The summed E-state index contributed by atoms with van der Waals surface area (Å²) < 4.78 is 0. The Morgan fingerprint density at radius 1 is 1.41 bits per heavy atom. The van der Waals surface area contributed by atoms with E-state index in [1.807, 2.05) is 18.3 Å². The van der Waals surface area contributed by atoms with Gasteiger partial charge in [0.15, 0.2) is 0 Å². The van der Waals surface area contributed by atoms with Crippen LogP contribution < -0.4 is 5.73 Å². The Kier molecular flexibility index (Phi) is 4.04. The Bertz CT molecular complexity index is 373. The zero-order valence-electron chi connectivity index (χ0n) is 10.0. The molecule has 1 atom stereocenters. The second-order valence-corrected chi connectivity index (χ2v) is 4.90. The fraction of sp³-hybridized carbons (Fsp3) is 0.500. The van der Waals surface area contributed by atoms with E-state index in [4.69, 9.17) is 18.0 Å². The first-order chi connectivity index (χ1) is 8.18. The van der Waals surface area contributed by atoms with Crippen LogP contribution in [0.25, 0.3) is 0 Å².